The van der Waals surface area contributed by atoms with E-state index in [-0.39, 0.29) is 11.4 Å². The second-order valence-electron chi connectivity index (χ2n) is 8.70. The SMILES string of the molecule is CC(NC(=O)C(O)c1cc(F)cc(F)c1)C(=O)Nc1cc(C(C)(C)c2cccc(C(F)(F)F)c2)n[nH]1. The average Bonchev–Trinajstić information content (AvgIpc) is 3.26. The van der Waals surface area contributed by atoms with Crippen molar-refractivity contribution in [1.29, 1.82) is 0 Å². The van der Waals surface area contributed by atoms with Gasteiger partial charge in [-0.1, -0.05) is 32.0 Å². The third-order valence-electron chi connectivity index (χ3n) is 5.59. The summed E-state index contributed by atoms with van der Waals surface area (Å²) in [5.41, 5.74) is -1.38. The van der Waals surface area contributed by atoms with Crippen LogP contribution in [0.5, 0.6) is 0 Å². The van der Waals surface area contributed by atoms with Gasteiger partial charge in [-0.25, -0.2) is 8.78 Å². The normalized spacial score (nSPS) is 13.7. The van der Waals surface area contributed by atoms with Gasteiger partial charge in [-0.05, 0) is 36.2 Å². The molecule has 4 N–H and O–H groups in total. The summed E-state index contributed by atoms with van der Waals surface area (Å²) in [6, 6.07) is 7.25. The molecule has 3 rings (SSSR count). The maximum atomic E-state index is 13.3. The zero-order valence-electron chi connectivity index (χ0n) is 19.4. The molecule has 192 valence electrons. The largest absolute Gasteiger partial charge is 0.416 e. The van der Waals surface area contributed by atoms with Gasteiger partial charge in [0, 0.05) is 17.5 Å². The molecule has 36 heavy (non-hydrogen) atoms. The van der Waals surface area contributed by atoms with Crippen LogP contribution in [0.1, 0.15) is 49.3 Å². The smallest absolute Gasteiger partial charge is 0.378 e. The molecule has 2 amide bonds. The molecule has 0 aliphatic carbocycles. The third kappa shape index (κ3) is 6.06. The molecule has 2 atom stereocenters. The number of H-pyrrole nitrogens is 1. The molecule has 3 aromatic rings. The van der Waals surface area contributed by atoms with Crippen molar-refractivity contribution in [3.05, 3.63) is 82.5 Å². The highest BCUT2D eigenvalue weighted by molar-refractivity contribution is 5.97. The minimum absolute atomic E-state index is 0.115. The number of hydrogen-bond acceptors (Lipinski definition) is 4. The van der Waals surface area contributed by atoms with Gasteiger partial charge >= 0.3 is 6.18 Å². The second-order valence-corrected chi connectivity index (χ2v) is 8.70. The lowest BCUT2D eigenvalue weighted by atomic mass is 9.81. The number of aliphatic hydroxyl groups is 1. The summed E-state index contributed by atoms with van der Waals surface area (Å²) in [4.78, 5) is 24.7. The highest BCUT2D eigenvalue weighted by atomic mass is 19.4. The lowest BCUT2D eigenvalue weighted by Gasteiger charge is -2.24. The fourth-order valence-electron chi connectivity index (χ4n) is 3.42. The summed E-state index contributed by atoms with van der Waals surface area (Å²) in [5, 5.41) is 21.4. The minimum atomic E-state index is -4.51. The first-order chi connectivity index (χ1) is 16.7. The first-order valence-electron chi connectivity index (χ1n) is 10.7. The summed E-state index contributed by atoms with van der Waals surface area (Å²) in [7, 11) is 0. The molecule has 0 fully saturated rings. The standard InChI is InChI=1S/C24H23F5N4O3/c1-12(30-22(36)20(34)13-7-16(25)10-17(26)8-13)21(35)31-19-11-18(32-33-19)23(2,3)14-5-4-6-15(9-14)24(27,28)29/h4-12,20,34H,1-3H3,(H,30,36)(H2,31,32,33,35). The molecule has 0 radical (unpaired) electrons. The number of benzene rings is 2. The number of alkyl halides is 3. The molecule has 1 heterocycles. The van der Waals surface area contributed by atoms with Gasteiger partial charge in [-0.3, -0.25) is 14.7 Å². The van der Waals surface area contributed by atoms with Crippen LogP contribution in [0.15, 0.2) is 48.5 Å². The van der Waals surface area contributed by atoms with E-state index in [1.807, 2.05) is 0 Å². The minimum Gasteiger partial charge on any atom is -0.378 e. The Bertz CT molecular complexity index is 1250. The van der Waals surface area contributed by atoms with Gasteiger partial charge in [0.25, 0.3) is 5.91 Å². The second kappa shape index (κ2) is 10.1. The molecule has 1 aromatic heterocycles. The number of nitrogens with one attached hydrogen (secondary N) is 3. The Kier molecular flexibility index (Phi) is 7.48. The van der Waals surface area contributed by atoms with Crippen LogP contribution in [0, 0.1) is 11.6 Å². The number of hydrogen-bond donors (Lipinski definition) is 4. The van der Waals surface area contributed by atoms with E-state index < -0.39 is 52.7 Å². The number of amides is 2. The van der Waals surface area contributed by atoms with Crippen molar-refractivity contribution in [3.63, 3.8) is 0 Å². The topological polar surface area (TPSA) is 107 Å². The number of carbonyl (C=O) groups is 2. The number of anilines is 1. The van der Waals surface area contributed by atoms with Gasteiger partial charge in [0.2, 0.25) is 5.91 Å². The van der Waals surface area contributed by atoms with Gasteiger partial charge in [-0.2, -0.15) is 18.3 Å². The predicted molar refractivity (Wildman–Crippen MR) is 120 cm³/mol. The third-order valence-corrected chi connectivity index (χ3v) is 5.59. The number of halogens is 5. The van der Waals surface area contributed by atoms with Crippen LogP contribution in [0.4, 0.5) is 27.8 Å². The molecule has 2 unspecified atom stereocenters. The van der Waals surface area contributed by atoms with Crippen molar-refractivity contribution in [3.8, 4) is 0 Å². The van der Waals surface area contributed by atoms with Crippen LogP contribution in [-0.4, -0.2) is 33.2 Å². The van der Waals surface area contributed by atoms with Gasteiger partial charge < -0.3 is 15.7 Å². The van der Waals surface area contributed by atoms with Gasteiger partial charge in [0.15, 0.2) is 6.10 Å². The fourth-order valence-corrected chi connectivity index (χ4v) is 3.42. The van der Waals surface area contributed by atoms with Crippen LogP contribution in [0.3, 0.4) is 0 Å². The van der Waals surface area contributed by atoms with Crippen molar-refractivity contribution in [2.24, 2.45) is 0 Å². The fraction of sp³-hybridized carbons (Fsp3) is 0.292. The van der Waals surface area contributed by atoms with Crippen molar-refractivity contribution >= 4 is 17.6 Å². The molecule has 12 heteroatoms. The average molecular weight is 510 g/mol. The Hall–Kier alpha value is -3.80. The number of rotatable bonds is 7. The number of aromatic amines is 1. The van der Waals surface area contributed by atoms with Gasteiger partial charge in [-0.15, -0.1) is 0 Å². The molecule has 0 bridgehead atoms. The molecule has 0 aliphatic heterocycles. The monoisotopic (exact) mass is 510 g/mol. The molecule has 0 aliphatic rings. The van der Waals surface area contributed by atoms with Crippen molar-refractivity contribution in [2.75, 3.05) is 5.32 Å². The summed E-state index contributed by atoms with van der Waals surface area (Å²) in [6.45, 7) is 4.66. The van der Waals surface area contributed by atoms with Gasteiger partial charge in [0.1, 0.15) is 23.5 Å². The molecular weight excluding hydrogens is 487 g/mol. The quantitative estimate of drug-likeness (QED) is 0.357. The lowest BCUT2D eigenvalue weighted by molar-refractivity contribution is -0.137. The Labute approximate surface area is 202 Å². The number of aliphatic hydroxyl groups excluding tert-OH is 1. The highest BCUT2D eigenvalue weighted by Crippen LogP contribution is 2.36. The lowest BCUT2D eigenvalue weighted by Crippen LogP contribution is -2.43. The molecule has 0 saturated heterocycles. The highest BCUT2D eigenvalue weighted by Gasteiger charge is 2.33. The van der Waals surface area contributed by atoms with E-state index in [2.05, 4.69) is 20.8 Å². The first kappa shape index (κ1) is 26.8. The van der Waals surface area contributed by atoms with Crippen LogP contribution in [-0.2, 0) is 21.2 Å². The molecule has 0 saturated carbocycles. The zero-order chi connectivity index (χ0) is 26.8. The Morgan fingerprint density at radius 1 is 0.972 bits per heavy atom. The molecule has 0 spiro atoms. The molecule has 7 nitrogen and oxygen atoms in total. The zero-order valence-corrected chi connectivity index (χ0v) is 19.4. The number of nitrogens with zero attached hydrogens (tertiary/aromatic N) is 1. The van der Waals surface area contributed by atoms with Crippen LogP contribution in [0.2, 0.25) is 0 Å². The predicted octanol–water partition coefficient (Wildman–Crippen LogP) is 4.21. The maximum absolute atomic E-state index is 13.3. The first-order valence-corrected chi connectivity index (χ1v) is 10.7. The maximum Gasteiger partial charge on any atom is 0.416 e. The summed E-state index contributed by atoms with van der Waals surface area (Å²) >= 11 is 0. The van der Waals surface area contributed by atoms with Crippen molar-refractivity contribution in [1.82, 2.24) is 15.5 Å². The van der Waals surface area contributed by atoms with Crippen molar-refractivity contribution in [2.45, 2.75) is 44.5 Å². The van der Waals surface area contributed by atoms with Crippen LogP contribution < -0.4 is 10.6 Å². The van der Waals surface area contributed by atoms with E-state index >= 15 is 0 Å². The number of aromatic nitrogens is 2. The van der Waals surface area contributed by atoms with E-state index in [0.717, 1.165) is 24.3 Å². The van der Waals surface area contributed by atoms with Crippen molar-refractivity contribution < 1.29 is 36.6 Å². The van der Waals surface area contributed by atoms with E-state index in [1.54, 1.807) is 13.8 Å². The summed E-state index contributed by atoms with van der Waals surface area (Å²) in [5.74, 6) is -3.62. The van der Waals surface area contributed by atoms with Crippen LogP contribution in [0.25, 0.3) is 0 Å². The van der Waals surface area contributed by atoms with E-state index in [9.17, 15) is 36.6 Å². The Morgan fingerprint density at radius 2 is 1.58 bits per heavy atom. The molecular formula is C24H23F5N4O3. The van der Waals surface area contributed by atoms with Crippen LogP contribution >= 0.6 is 0 Å². The van der Waals surface area contributed by atoms with E-state index in [1.165, 1.54) is 25.1 Å². The summed E-state index contributed by atoms with van der Waals surface area (Å²) in [6.07, 6.45) is -6.43. The van der Waals surface area contributed by atoms with Gasteiger partial charge in [0.05, 0.1) is 11.3 Å². The Balaban J connectivity index is 1.67. The summed E-state index contributed by atoms with van der Waals surface area (Å²) < 4.78 is 66.0. The number of carbonyl (C=O) groups excluding carboxylic acids is 2. The molecule has 2 aromatic carbocycles. The Morgan fingerprint density at radius 3 is 2.19 bits per heavy atom. The van der Waals surface area contributed by atoms with E-state index in [0.29, 0.717) is 17.3 Å². The van der Waals surface area contributed by atoms with E-state index in [4.69, 9.17) is 0 Å².